The summed E-state index contributed by atoms with van der Waals surface area (Å²) in [4.78, 5) is 0. The third-order valence-corrected chi connectivity index (χ3v) is 4.07. The lowest BCUT2D eigenvalue weighted by Gasteiger charge is -2.05. The summed E-state index contributed by atoms with van der Waals surface area (Å²) in [7, 11) is 1.82. The molecule has 0 aliphatic heterocycles. The Labute approximate surface area is 106 Å². The van der Waals surface area contributed by atoms with E-state index in [1.54, 1.807) is 16.4 Å². The van der Waals surface area contributed by atoms with E-state index in [2.05, 4.69) is 31.5 Å². The van der Waals surface area contributed by atoms with Crippen LogP contribution in [0, 0.1) is 0 Å². The Balaban J connectivity index is 2.11. The molecule has 84 valence electrons. The van der Waals surface area contributed by atoms with Gasteiger partial charge in [0.25, 0.3) is 0 Å². The first-order valence-electron chi connectivity index (χ1n) is 4.56. The summed E-state index contributed by atoms with van der Waals surface area (Å²) >= 11 is 5.04. The highest BCUT2D eigenvalue weighted by Crippen LogP contribution is 2.28. The number of nitrogen functional groups attached to an aromatic ring is 1. The average molecular weight is 300 g/mol. The first kappa shape index (κ1) is 11.4. The molecule has 2 rings (SSSR count). The number of tetrazole rings is 1. The van der Waals surface area contributed by atoms with Crippen LogP contribution in [0.1, 0.15) is 5.56 Å². The monoisotopic (exact) mass is 299 g/mol. The number of anilines is 1. The Hall–Kier alpha value is -1.08. The van der Waals surface area contributed by atoms with E-state index in [1.807, 2.05) is 25.2 Å². The SMILES string of the molecule is Cn1nnnc1SCc1cccc(N)c1Br. The predicted octanol–water partition coefficient (Wildman–Crippen LogP) is 1.85. The van der Waals surface area contributed by atoms with Crippen LogP contribution in [-0.4, -0.2) is 20.2 Å². The van der Waals surface area contributed by atoms with Crippen molar-refractivity contribution in [3.05, 3.63) is 28.2 Å². The van der Waals surface area contributed by atoms with E-state index < -0.39 is 0 Å². The topological polar surface area (TPSA) is 69.6 Å². The molecular weight excluding hydrogens is 290 g/mol. The summed E-state index contributed by atoms with van der Waals surface area (Å²) in [6.45, 7) is 0. The van der Waals surface area contributed by atoms with Gasteiger partial charge in [-0.3, -0.25) is 0 Å². The van der Waals surface area contributed by atoms with E-state index in [1.165, 1.54) is 0 Å². The molecule has 0 atom stereocenters. The molecule has 0 saturated heterocycles. The molecule has 0 amide bonds. The van der Waals surface area contributed by atoms with Crippen molar-refractivity contribution in [1.29, 1.82) is 0 Å². The lowest BCUT2D eigenvalue weighted by molar-refractivity contribution is 0.664. The molecule has 2 aromatic rings. The molecule has 1 aromatic heterocycles. The fraction of sp³-hybridized carbons (Fsp3) is 0.222. The molecule has 5 nitrogen and oxygen atoms in total. The quantitative estimate of drug-likeness (QED) is 0.692. The fourth-order valence-corrected chi connectivity index (χ4v) is 2.63. The number of rotatable bonds is 3. The zero-order chi connectivity index (χ0) is 11.5. The molecule has 0 fully saturated rings. The molecule has 0 aliphatic rings. The smallest absolute Gasteiger partial charge is 0.209 e. The number of aryl methyl sites for hydroxylation is 1. The van der Waals surface area contributed by atoms with Crippen LogP contribution in [0.25, 0.3) is 0 Å². The maximum Gasteiger partial charge on any atom is 0.209 e. The number of thioether (sulfide) groups is 1. The Morgan fingerprint density at radius 2 is 2.31 bits per heavy atom. The van der Waals surface area contributed by atoms with Gasteiger partial charge in [0.1, 0.15) is 0 Å². The third kappa shape index (κ3) is 2.35. The zero-order valence-electron chi connectivity index (χ0n) is 8.59. The Morgan fingerprint density at radius 3 is 3.00 bits per heavy atom. The van der Waals surface area contributed by atoms with Crippen molar-refractivity contribution in [1.82, 2.24) is 20.2 Å². The minimum atomic E-state index is 0.745. The Kier molecular flexibility index (Phi) is 3.45. The number of nitrogens with two attached hydrogens (primary N) is 1. The normalized spacial score (nSPS) is 10.6. The van der Waals surface area contributed by atoms with Crippen LogP contribution in [-0.2, 0) is 12.8 Å². The van der Waals surface area contributed by atoms with Crippen LogP contribution >= 0.6 is 27.7 Å². The summed E-state index contributed by atoms with van der Waals surface area (Å²) in [5.74, 6) is 0.778. The van der Waals surface area contributed by atoms with Gasteiger partial charge in [-0.15, -0.1) is 5.10 Å². The van der Waals surface area contributed by atoms with Gasteiger partial charge in [-0.25, -0.2) is 4.68 Å². The minimum Gasteiger partial charge on any atom is -0.398 e. The van der Waals surface area contributed by atoms with Crippen LogP contribution in [0.15, 0.2) is 27.8 Å². The number of aromatic nitrogens is 4. The molecule has 0 aliphatic carbocycles. The molecule has 1 heterocycles. The summed E-state index contributed by atoms with van der Waals surface area (Å²) in [6, 6.07) is 5.82. The van der Waals surface area contributed by atoms with Crippen molar-refractivity contribution in [2.45, 2.75) is 10.9 Å². The molecule has 7 heteroatoms. The molecule has 16 heavy (non-hydrogen) atoms. The first-order chi connectivity index (χ1) is 7.68. The van der Waals surface area contributed by atoms with Crippen molar-refractivity contribution in [3.63, 3.8) is 0 Å². The van der Waals surface area contributed by atoms with E-state index in [0.717, 1.165) is 26.6 Å². The number of hydrogen-bond donors (Lipinski definition) is 1. The lowest BCUT2D eigenvalue weighted by Crippen LogP contribution is -1.95. The van der Waals surface area contributed by atoms with Gasteiger partial charge in [-0.05, 0) is 38.0 Å². The van der Waals surface area contributed by atoms with E-state index in [9.17, 15) is 0 Å². The molecular formula is C9H10BrN5S. The molecule has 0 radical (unpaired) electrons. The molecule has 0 unspecified atom stereocenters. The van der Waals surface area contributed by atoms with Crippen LogP contribution in [0.3, 0.4) is 0 Å². The van der Waals surface area contributed by atoms with Gasteiger partial charge in [-0.2, -0.15) is 0 Å². The standard InChI is InChI=1S/C9H10BrN5S/c1-15-9(12-13-14-15)16-5-6-3-2-4-7(11)8(6)10/h2-4H,5,11H2,1H3. The van der Waals surface area contributed by atoms with E-state index in [4.69, 9.17) is 5.73 Å². The minimum absolute atomic E-state index is 0.745. The van der Waals surface area contributed by atoms with Crippen molar-refractivity contribution < 1.29 is 0 Å². The summed E-state index contributed by atoms with van der Waals surface area (Å²) in [5, 5.41) is 12.0. The highest BCUT2D eigenvalue weighted by atomic mass is 79.9. The zero-order valence-corrected chi connectivity index (χ0v) is 11.0. The second-order valence-electron chi connectivity index (χ2n) is 3.19. The molecule has 2 N–H and O–H groups in total. The first-order valence-corrected chi connectivity index (χ1v) is 6.34. The van der Waals surface area contributed by atoms with Gasteiger partial charge in [-0.1, -0.05) is 23.9 Å². The summed E-state index contributed by atoms with van der Waals surface area (Å²) in [6.07, 6.45) is 0. The van der Waals surface area contributed by atoms with Crippen molar-refractivity contribution in [3.8, 4) is 0 Å². The number of nitrogens with zero attached hydrogens (tertiary/aromatic N) is 4. The Morgan fingerprint density at radius 1 is 1.50 bits per heavy atom. The van der Waals surface area contributed by atoms with Crippen LogP contribution in [0.2, 0.25) is 0 Å². The maximum absolute atomic E-state index is 5.80. The largest absolute Gasteiger partial charge is 0.398 e. The number of halogens is 1. The van der Waals surface area contributed by atoms with Gasteiger partial charge in [0.05, 0.1) is 0 Å². The molecule has 0 spiro atoms. The second kappa shape index (κ2) is 4.84. The lowest BCUT2D eigenvalue weighted by atomic mass is 10.2. The number of benzene rings is 1. The highest BCUT2D eigenvalue weighted by Gasteiger charge is 2.07. The maximum atomic E-state index is 5.80. The van der Waals surface area contributed by atoms with Crippen LogP contribution in [0.4, 0.5) is 5.69 Å². The van der Waals surface area contributed by atoms with Gasteiger partial charge in [0, 0.05) is 23.0 Å². The van der Waals surface area contributed by atoms with E-state index >= 15 is 0 Å². The second-order valence-corrected chi connectivity index (χ2v) is 4.93. The van der Waals surface area contributed by atoms with Crippen LogP contribution < -0.4 is 5.73 Å². The van der Waals surface area contributed by atoms with Gasteiger partial charge < -0.3 is 5.73 Å². The Bertz CT molecular complexity index is 498. The molecule has 0 saturated carbocycles. The van der Waals surface area contributed by atoms with Crippen molar-refractivity contribution >= 4 is 33.4 Å². The molecule has 1 aromatic carbocycles. The van der Waals surface area contributed by atoms with Crippen LogP contribution in [0.5, 0.6) is 0 Å². The van der Waals surface area contributed by atoms with E-state index in [0.29, 0.717) is 0 Å². The average Bonchev–Trinajstić information content (AvgIpc) is 2.67. The third-order valence-electron chi connectivity index (χ3n) is 2.05. The van der Waals surface area contributed by atoms with Crippen molar-refractivity contribution in [2.75, 3.05) is 5.73 Å². The summed E-state index contributed by atoms with van der Waals surface area (Å²) in [5.41, 5.74) is 7.67. The fourth-order valence-electron chi connectivity index (χ4n) is 1.20. The predicted molar refractivity (Wildman–Crippen MR) is 66.9 cm³/mol. The molecule has 0 bridgehead atoms. The van der Waals surface area contributed by atoms with Gasteiger partial charge in [0.2, 0.25) is 5.16 Å². The number of hydrogen-bond acceptors (Lipinski definition) is 5. The van der Waals surface area contributed by atoms with Gasteiger partial charge in [0.15, 0.2) is 0 Å². The van der Waals surface area contributed by atoms with Crippen molar-refractivity contribution in [2.24, 2.45) is 7.05 Å². The van der Waals surface area contributed by atoms with Gasteiger partial charge >= 0.3 is 0 Å². The highest BCUT2D eigenvalue weighted by molar-refractivity contribution is 9.10. The van der Waals surface area contributed by atoms with E-state index in [-0.39, 0.29) is 0 Å². The summed E-state index contributed by atoms with van der Waals surface area (Å²) < 4.78 is 2.59.